The first-order valence-electron chi connectivity index (χ1n) is 8.13. The van der Waals surface area contributed by atoms with Gasteiger partial charge in [-0.25, -0.2) is 4.90 Å². The van der Waals surface area contributed by atoms with Gasteiger partial charge in [-0.3, -0.25) is 9.59 Å². The molecule has 0 N–H and O–H groups in total. The Bertz CT molecular complexity index is 1110. The van der Waals surface area contributed by atoms with Crippen LogP contribution in [0, 0.1) is 0 Å². The second-order valence-corrected chi connectivity index (χ2v) is 6.19. The highest BCUT2D eigenvalue weighted by molar-refractivity contribution is 6.37. The highest BCUT2D eigenvalue weighted by Gasteiger charge is 2.38. The monoisotopic (exact) mass is 323 g/mol. The molecule has 2 aliphatic carbocycles. The van der Waals surface area contributed by atoms with Gasteiger partial charge in [0.05, 0.1) is 16.8 Å². The van der Waals surface area contributed by atoms with Gasteiger partial charge in [-0.2, -0.15) is 0 Å². The topological polar surface area (TPSA) is 37.4 Å². The molecule has 118 valence electrons. The fourth-order valence-electron chi connectivity index (χ4n) is 3.57. The Hall–Kier alpha value is -3.46. The van der Waals surface area contributed by atoms with Crippen LogP contribution in [0.3, 0.4) is 0 Å². The molecule has 3 nitrogen and oxygen atoms in total. The third-order valence-electron chi connectivity index (χ3n) is 4.75. The van der Waals surface area contributed by atoms with Crippen molar-refractivity contribution in [2.45, 2.75) is 0 Å². The Morgan fingerprint density at radius 2 is 1.32 bits per heavy atom. The third-order valence-corrected chi connectivity index (χ3v) is 4.75. The van der Waals surface area contributed by atoms with Crippen LogP contribution in [0.2, 0.25) is 0 Å². The standard InChI is InChI=1S/C22H13NO2/c24-21-19-11-10-14-6-4-5-9-18(14)20(19)22(25)23(21)17-12-15-7-2-1-3-8-16(15)13-17/h1-13H. The smallest absolute Gasteiger partial charge is 0.266 e. The summed E-state index contributed by atoms with van der Waals surface area (Å²) in [6, 6.07) is 24.9. The highest BCUT2D eigenvalue weighted by atomic mass is 16.2. The predicted molar refractivity (Wildman–Crippen MR) is 98.2 cm³/mol. The molecule has 0 fully saturated rings. The van der Waals surface area contributed by atoms with Crippen molar-refractivity contribution in [1.82, 2.24) is 0 Å². The zero-order chi connectivity index (χ0) is 17.0. The molecule has 0 bridgehead atoms. The fraction of sp³-hybridized carbons (Fsp3) is 0. The van der Waals surface area contributed by atoms with Crippen molar-refractivity contribution in [1.29, 1.82) is 0 Å². The van der Waals surface area contributed by atoms with Crippen LogP contribution >= 0.6 is 0 Å². The third kappa shape index (κ3) is 1.93. The molecule has 0 saturated carbocycles. The lowest BCUT2D eigenvalue weighted by Gasteiger charge is -2.11. The van der Waals surface area contributed by atoms with E-state index in [4.69, 9.17) is 0 Å². The number of rotatable bonds is 1. The van der Waals surface area contributed by atoms with Crippen LogP contribution in [0.25, 0.3) is 21.9 Å². The molecule has 0 saturated heterocycles. The summed E-state index contributed by atoms with van der Waals surface area (Å²) in [5.74, 6) is -0.512. The SMILES string of the molecule is O=C1c2ccc3ccccc3c2C(=O)N1c1cc2cccccc-2c1. The molecule has 25 heavy (non-hydrogen) atoms. The molecule has 2 aromatic rings. The lowest BCUT2D eigenvalue weighted by atomic mass is 10.0. The van der Waals surface area contributed by atoms with Crippen LogP contribution in [-0.2, 0) is 0 Å². The normalized spacial score (nSPS) is 13.7. The average Bonchev–Trinajstić information content (AvgIpc) is 3.04. The largest absolute Gasteiger partial charge is 0.268 e. The Kier molecular flexibility index (Phi) is 2.80. The van der Waals surface area contributed by atoms with E-state index in [0.29, 0.717) is 16.8 Å². The van der Waals surface area contributed by atoms with E-state index in [1.54, 1.807) is 6.07 Å². The Morgan fingerprint density at radius 3 is 2.08 bits per heavy atom. The summed E-state index contributed by atoms with van der Waals surface area (Å²) in [6.45, 7) is 0. The van der Waals surface area contributed by atoms with Crippen LogP contribution in [0.4, 0.5) is 5.69 Å². The summed E-state index contributed by atoms with van der Waals surface area (Å²) in [5, 5.41) is 1.78. The van der Waals surface area contributed by atoms with Crippen molar-refractivity contribution in [2.24, 2.45) is 0 Å². The number of hydrogen-bond acceptors (Lipinski definition) is 2. The zero-order valence-electron chi connectivity index (χ0n) is 13.3. The van der Waals surface area contributed by atoms with Gasteiger partial charge in [-0.05, 0) is 40.1 Å². The maximum Gasteiger partial charge on any atom is 0.266 e. The maximum atomic E-state index is 13.1. The minimum atomic E-state index is -0.259. The van der Waals surface area contributed by atoms with Crippen LogP contribution < -0.4 is 4.90 Å². The fourth-order valence-corrected chi connectivity index (χ4v) is 3.57. The Balaban J connectivity index is 1.71. The number of amides is 2. The van der Waals surface area contributed by atoms with Gasteiger partial charge >= 0.3 is 0 Å². The van der Waals surface area contributed by atoms with Crippen molar-refractivity contribution < 1.29 is 9.59 Å². The molecule has 2 amide bonds. The molecule has 0 aromatic heterocycles. The molecule has 1 aliphatic heterocycles. The van der Waals surface area contributed by atoms with E-state index >= 15 is 0 Å². The van der Waals surface area contributed by atoms with Crippen molar-refractivity contribution >= 4 is 28.3 Å². The minimum absolute atomic E-state index is 0.253. The molecule has 3 aliphatic rings. The van der Waals surface area contributed by atoms with Gasteiger partial charge in [-0.1, -0.05) is 60.7 Å². The molecular formula is C22H13NO2. The Labute approximate surface area is 144 Å². The molecule has 2 aromatic carbocycles. The Morgan fingerprint density at radius 1 is 0.640 bits per heavy atom. The maximum absolute atomic E-state index is 13.1. The number of carbonyl (C=O) groups is 2. The highest BCUT2D eigenvalue weighted by Crippen LogP contribution is 2.37. The lowest BCUT2D eigenvalue weighted by molar-refractivity contribution is 0.0927. The number of benzene rings is 2. The van der Waals surface area contributed by atoms with Crippen LogP contribution in [0.15, 0.2) is 78.9 Å². The first-order chi connectivity index (χ1) is 12.2. The minimum Gasteiger partial charge on any atom is -0.268 e. The van der Waals surface area contributed by atoms with Gasteiger partial charge in [0.15, 0.2) is 0 Å². The van der Waals surface area contributed by atoms with Crippen LogP contribution in [0.1, 0.15) is 20.7 Å². The molecule has 0 unspecified atom stereocenters. The predicted octanol–water partition coefficient (Wildman–Crippen LogP) is 4.75. The quantitative estimate of drug-likeness (QED) is 0.474. The summed E-state index contributed by atoms with van der Waals surface area (Å²) in [4.78, 5) is 27.2. The molecular weight excluding hydrogens is 310 g/mol. The van der Waals surface area contributed by atoms with Crippen LogP contribution in [-0.4, -0.2) is 11.8 Å². The van der Waals surface area contributed by atoms with E-state index in [-0.39, 0.29) is 11.8 Å². The first-order valence-corrected chi connectivity index (χ1v) is 8.13. The van der Waals surface area contributed by atoms with E-state index in [1.807, 2.05) is 72.8 Å². The number of fused-ring (bicyclic) bond motifs is 4. The summed E-state index contributed by atoms with van der Waals surface area (Å²) < 4.78 is 0. The van der Waals surface area contributed by atoms with Gasteiger partial charge in [0.1, 0.15) is 0 Å². The number of anilines is 1. The molecule has 0 radical (unpaired) electrons. The molecule has 3 heteroatoms. The van der Waals surface area contributed by atoms with Gasteiger partial charge in [0.2, 0.25) is 0 Å². The summed E-state index contributed by atoms with van der Waals surface area (Å²) >= 11 is 0. The second-order valence-electron chi connectivity index (χ2n) is 6.19. The van der Waals surface area contributed by atoms with Crippen molar-refractivity contribution in [2.75, 3.05) is 4.90 Å². The zero-order valence-corrected chi connectivity index (χ0v) is 13.3. The van der Waals surface area contributed by atoms with Gasteiger partial charge in [0, 0.05) is 0 Å². The van der Waals surface area contributed by atoms with Crippen molar-refractivity contribution in [3.8, 4) is 11.1 Å². The molecule has 0 atom stereocenters. The van der Waals surface area contributed by atoms with Gasteiger partial charge in [0.25, 0.3) is 11.8 Å². The van der Waals surface area contributed by atoms with Crippen molar-refractivity contribution in [3.05, 3.63) is 90.0 Å². The number of nitrogens with zero attached hydrogens (tertiary/aromatic N) is 1. The van der Waals surface area contributed by atoms with E-state index in [2.05, 4.69) is 0 Å². The summed E-state index contributed by atoms with van der Waals surface area (Å²) in [5.41, 5.74) is 3.60. The van der Waals surface area contributed by atoms with Gasteiger partial charge in [-0.15, -0.1) is 0 Å². The number of hydrogen-bond donors (Lipinski definition) is 0. The van der Waals surface area contributed by atoms with Crippen molar-refractivity contribution in [3.63, 3.8) is 0 Å². The summed E-state index contributed by atoms with van der Waals surface area (Å²) in [7, 11) is 0. The molecule has 1 heterocycles. The van der Waals surface area contributed by atoms with E-state index < -0.39 is 0 Å². The number of imide groups is 1. The summed E-state index contributed by atoms with van der Waals surface area (Å²) in [6.07, 6.45) is 0. The van der Waals surface area contributed by atoms with E-state index in [9.17, 15) is 9.59 Å². The van der Waals surface area contributed by atoms with Gasteiger partial charge < -0.3 is 0 Å². The lowest BCUT2D eigenvalue weighted by Crippen LogP contribution is -2.28. The molecule has 0 spiro atoms. The van der Waals surface area contributed by atoms with E-state index in [0.717, 1.165) is 21.9 Å². The second kappa shape index (κ2) is 5.02. The van der Waals surface area contributed by atoms with Crippen LogP contribution in [0.5, 0.6) is 0 Å². The number of carbonyl (C=O) groups excluding carboxylic acids is 2. The molecule has 5 rings (SSSR count). The average molecular weight is 323 g/mol. The first kappa shape index (κ1) is 13.9. The van der Waals surface area contributed by atoms with E-state index in [1.165, 1.54) is 4.90 Å².